The van der Waals surface area contributed by atoms with Crippen molar-refractivity contribution in [2.24, 2.45) is 0 Å². The van der Waals surface area contributed by atoms with Gasteiger partial charge in [0.2, 0.25) is 0 Å². The van der Waals surface area contributed by atoms with Gasteiger partial charge in [-0.05, 0) is 19.3 Å². The molecule has 5 heteroatoms. The van der Waals surface area contributed by atoms with Crippen LogP contribution in [0.2, 0.25) is 0 Å². The van der Waals surface area contributed by atoms with E-state index in [0.717, 1.165) is 0 Å². The highest BCUT2D eigenvalue weighted by molar-refractivity contribution is 5.74. The van der Waals surface area contributed by atoms with E-state index in [9.17, 15) is 20.1 Å². The summed E-state index contributed by atoms with van der Waals surface area (Å²) in [6.07, 6.45) is 0.857. The van der Waals surface area contributed by atoms with E-state index in [0.29, 0.717) is 19.3 Å². The third-order valence-electron chi connectivity index (χ3n) is 2.78. The highest BCUT2D eigenvalue weighted by Crippen LogP contribution is 2.16. The van der Waals surface area contributed by atoms with Gasteiger partial charge >= 0.3 is 5.97 Å². The van der Waals surface area contributed by atoms with Gasteiger partial charge in [0.1, 0.15) is 18.3 Å². The molecule has 1 aliphatic heterocycles. The van der Waals surface area contributed by atoms with E-state index in [1.54, 1.807) is 6.08 Å². The number of ether oxygens (including phenoxy) is 1. The van der Waals surface area contributed by atoms with Gasteiger partial charge in [-0.15, -0.1) is 0 Å². The smallest absolute Gasteiger partial charge is 0.335 e. The lowest BCUT2D eigenvalue weighted by Crippen LogP contribution is -2.41. The second kappa shape index (κ2) is 6.74. The number of carbonyl (C=O) groups excluding carboxylic acids is 1. The number of hydrogen-bond acceptors (Lipinski definition) is 5. The Bertz CT molecular complexity index is 276. The number of aliphatic hydroxyl groups excluding tert-OH is 3. The molecule has 4 atom stereocenters. The lowest BCUT2D eigenvalue weighted by molar-refractivity contribution is -0.169. The third-order valence-corrected chi connectivity index (χ3v) is 2.78. The lowest BCUT2D eigenvalue weighted by Gasteiger charge is -2.27. The van der Waals surface area contributed by atoms with Gasteiger partial charge < -0.3 is 20.1 Å². The number of carbonyl (C=O) groups is 1. The maximum absolute atomic E-state index is 11.5. The standard InChI is InChI=1S/C12H20O5/c1-2-5-10-11(15)8(13)6-3-4-7-9(14)12(16)17-10/h3,6,8-11,13-15H,2,4-5,7H2,1H3. The van der Waals surface area contributed by atoms with E-state index in [-0.39, 0.29) is 6.42 Å². The zero-order chi connectivity index (χ0) is 12.8. The summed E-state index contributed by atoms with van der Waals surface area (Å²) < 4.78 is 5.03. The Labute approximate surface area is 101 Å². The normalized spacial score (nSPS) is 35.4. The fraction of sp³-hybridized carbons (Fsp3) is 0.750. The molecular weight excluding hydrogens is 224 g/mol. The van der Waals surface area contributed by atoms with Crippen molar-refractivity contribution in [2.45, 2.75) is 57.0 Å². The largest absolute Gasteiger partial charge is 0.458 e. The van der Waals surface area contributed by atoms with E-state index in [2.05, 4.69) is 0 Å². The lowest BCUT2D eigenvalue weighted by atomic mass is 10.0. The Balaban J connectivity index is 2.80. The highest BCUT2D eigenvalue weighted by atomic mass is 16.6. The molecule has 0 aromatic carbocycles. The number of hydrogen-bond donors (Lipinski definition) is 3. The zero-order valence-electron chi connectivity index (χ0n) is 9.95. The molecule has 98 valence electrons. The molecule has 0 aliphatic carbocycles. The van der Waals surface area contributed by atoms with Gasteiger partial charge in [-0.25, -0.2) is 4.79 Å². The molecule has 1 heterocycles. The van der Waals surface area contributed by atoms with Crippen LogP contribution in [0.3, 0.4) is 0 Å². The van der Waals surface area contributed by atoms with Crippen LogP contribution in [0.25, 0.3) is 0 Å². The van der Waals surface area contributed by atoms with Crippen molar-refractivity contribution in [3.8, 4) is 0 Å². The monoisotopic (exact) mass is 244 g/mol. The first-order chi connectivity index (χ1) is 8.06. The van der Waals surface area contributed by atoms with Gasteiger partial charge in [0.05, 0.1) is 0 Å². The summed E-state index contributed by atoms with van der Waals surface area (Å²) in [5.41, 5.74) is 0. The molecule has 0 saturated carbocycles. The molecule has 0 spiro atoms. The first-order valence-corrected chi connectivity index (χ1v) is 5.97. The summed E-state index contributed by atoms with van der Waals surface area (Å²) in [7, 11) is 0. The zero-order valence-corrected chi connectivity index (χ0v) is 9.95. The Hall–Kier alpha value is -0.910. The van der Waals surface area contributed by atoms with Gasteiger partial charge in [-0.3, -0.25) is 0 Å². The molecule has 0 radical (unpaired) electrons. The Morgan fingerprint density at radius 3 is 2.76 bits per heavy atom. The quantitative estimate of drug-likeness (QED) is 0.475. The Morgan fingerprint density at radius 2 is 2.12 bits per heavy atom. The summed E-state index contributed by atoms with van der Waals surface area (Å²) in [6.45, 7) is 1.89. The molecule has 1 rings (SSSR count). The minimum atomic E-state index is -1.17. The van der Waals surface area contributed by atoms with Crippen molar-refractivity contribution in [3.63, 3.8) is 0 Å². The van der Waals surface area contributed by atoms with E-state index < -0.39 is 30.4 Å². The summed E-state index contributed by atoms with van der Waals surface area (Å²) in [6, 6.07) is 0. The average Bonchev–Trinajstić information content (AvgIpc) is 2.31. The van der Waals surface area contributed by atoms with Crippen LogP contribution in [0.5, 0.6) is 0 Å². The molecule has 3 N–H and O–H groups in total. The topological polar surface area (TPSA) is 87.0 Å². The molecule has 17 heavy (non-hydrogen) atoms. The molecule has 0 aromatic rings. The van der Waals surface area contributed by atoms with Crippen molar-refractivity contribution in [3.05, 3.63) is 12.2 Å². The Kier molecular flexibility index (Phi) is 5.61. The van der Waals surface area contributed by atoms with Crippen LogP contribution < -0.4 is 0 Å². The third kappa shape index (κ3) is 4.11. The van der Waals surface area contributed by atoms with Crippen molar-refractivity contribution in [1.29, 1.82) is 0 Å². The van der Waals surface area contributed by atoms with Crippen LogP contribution in [-0.2, 0) is 9.53 Å². The number of aliphatic hydroxyl groups is 3. The predicted molar refractivity (Wildman–Crippen MR) is 61.2 cm³/mol. The second-order valence-corrected chi connectivity index (χ2v) is 4.27. The molecule has 1 aliphatic rings. The average molecular weight is 244 g/mol. The van der Waals surface area contributed by atoms with Crippen LogP contribution in [0.1, 0.15) is 32.6 Å². The van der Waals surface area contributed by atoms with E-state index in [1.807, 2.05) is 6.92 Å². The molecule has 0 amide bonds. The number of cyclic esters (lactones) is 1. The number of allylic oxidation sites excluding steroid dienone is 1. The number of rotatable bonds is 2. The molecule has 5 nitrogen and oxygen atoms in total. The van der Waals surface area contributed by atoms with Crippen LogP contribution in [0.4, 0.5) is 0 Å². The van der Waals surface area contributed by atoms with Gasteiger partial charge in [0.15, 0.2) is 6.10 Å². The van der Waals surface area contributed by atoms with Gasteiger partial charge in [0.25, 0.3) is 0 Å². The fourth-order valence-electron chi connectivity index (χ4n) is 1.75. The van der Waals surface area contributed by atoms with Crippen LogP contribution in [0, 0.1) is 0 Å². The van der Waals surface area contributed by atoms with E-state index >= 15 is 0 Å². The predicted octanol–water partition coefficient (Wildman–Crippen LogP) is 0.131. The second-order valence-electron chi connectivity index (χ2n) is 4.27. The Morgan fingerprint density at radius 1 is 1.41 bits per heavy atom. The van der Waals surface area contributed by atoms with Gasteiger partial charge in [-0.2, -0.15) is 0 Å². The molecule has 0 fully saturated rings. The highest BCUT2D eigenvalue weighted by Gasteiger charge is 2.30. The van der Waals surface area contributed by atoms with Crippen LogP contribution >= 0.6 is 0 Å². The minimum absolute atomic E-state index is 0.261. The molecule has 0 aromatic heterocycles. The fourth-order valence-corrected chi connectivity index (χ4v) is 1.75. The molecule has 0 saturated heterocycles. The summed E-state index contributed by atoms with van der Waals surface area (Å²) in [5.74, 6) is -0.731. The van der Waals surface area contributed by atoms with Gasteiger partial charge in [0, 0.05) is 0 Å². The molecule has 0 bridgehead atoms. The first-order valence-electron chi connectivity index (χ1n) is 5.97. The summed E-state index contributed by atoms with van der Waals surface area (Å²) >= 11 is 0. The maximum atomic E-state index is 11.5. The maximum Gasteiger partial charge on any atom is 0.335 e. The summed E-state index contributed by atoms with van der Waals surface area (Å²) in [4.78, 5) is 11.5. The SMILES string of the molecule is CCCC1OC(=O)C(O)CCC=CC(O)C1O. The van der Waals surface area contributed by atoms with Crippen molar-refractivity contribution < 1.29 is 24.9 Å². The summed E-state index contributed by atoms with van der Waals surface area (Å²) in [5, 5.41) is 29.0. The minimum Gasteiger partial charge on any atom is -0.458 e. The van der Waals surface area contributed by atoms with Crippen molar-refractivity contribution >= 4 is 5.97 Å². The van der Waals surface area contributed by atoms with Crippen molar-refractivity contribution in [1.82, 2.24) is 0 Å². The van der Waals surface area contributed by atoms with Crippen LogP contribution in [-0.4, -0.2) is 45.7 Å². The van der Waals surface area contributed by atoms with E-state index in [1.165, 1.54) is 6.08 Å². The molecular formula is C12H20O5. The van der Waals surface area contributed by atoms with Crippen LogP contribution in [0.15, 0.2) is 12.2 Å². The van der Waals surface area contributed by atoms with Gasteiger partial charge in [-0.1, -0.05) is 25.5 Å². The molecule has 4 unspecified atom stereocenters. The number of esters is 1. The van der Waals surface area contributed by atoms with Crippen molar-refractivity contribution in [2.75, 3.05) is 0 Å². The van der Waals surface area contributed by atoms with E-state index in [4.69, 9.17) is 4.74 Å². The first kappa shape index (κ1) is 14.2.